The molecule has 2 heterocycles. The van der Waals surface area contributed by atoms with E-state index in [-0.39, 0.29) is 35.5 Å². The summed E-state index contributed by atoms with van der Waals surface area (Å²) in [5, 5.41) is 20.7. The molecule has 6 nitrogen and oxygen atoms in total. The summed E-state index contributed by atoms with van der Waals surface area (Å²) in [6, 6.07) is 26.5. The summed E-state index contributed by atoms with van der Waals surface area (Å²) >= 11 is 0. The highest BCUT2D eigenvalue weighted by Crippen LogP contribution is 2.52. The van der Waals surface area contributed by atoms with E-state index in [9.17, 15) is 19.7 Å². The van der Waals surface area contributed by atoms with Crippen LogP contribution < -0.4 is 4.90 Å². The molecule has 1 aliphatic carbocycles. The standard InChI is InChI=1S/C35H36BNO5/c1-22(2)28-20-29-33(35(40)37(34(29)39)26-11-7-4-8-12-26)30-21-36(41)42-31(32(28)30)18-15-25(24-9-5-3-6-10-24)19-23-13-16-27(38)17-14-23/h3-14,16-17,19,22,29-31,33,38,41H,15,18,20-21H2,1-2H3/b25-19-/t29-,30+,31-,33-/m1/s1. The molecule has 7 heteroatoms. The second-order valence-corrected chi connectivity index (χ2v) is 11.9. The van der Waals surface area contributed by atoms with Gasteiger partial charge in [-0.1, -0.05) is 86.2 Å². The van der Waals surface area contributed by atoms with Crippen LogP contribution in [0.15, 0.2) is 96.1 Å². The van der Waals surface area contributed by atoms with E-state index < -0.39 is 19.0 Å². The Morgan fingerprint density at radius 3 is 2.29 bits per heavy atom. The van der Waals surface area contributed by atoms with Crippen molar-refractivity contribution in [1.82, 2.24) is 0 Å². The zero-order valence-corrected chi connectivity index (χ0v) is 24.0. The van der Waals surface area contributed by atoms with Crippen molar-refractivity contribution in [3.8, 4) is 5.75 Å². The minimum absolute atomic E-state index is 0.144. The van der Waals surface area contributed by atoms with Gasteiger partial charge >= 0.3 is 7.12 Å². The molecule has 42 heavy (non-hydrogen) atoms. The van der Waals surface area contributed by atoms with Gasteiger partial charge in [0.15, 0.2) is 0 Å². The van der Waals surface area contributed by atoms with Crippen molar-refractivity contribution in [2.75, 3.05) is 4.90 Å². The molecule has 2 fully saturated rings. The molecule has 0 radical (unpaired) electrons. The van der Waals surface area contributed by atoms with E-state index in [1.807, 2.05) is 48.5 Å². The maximum Gasteiger partial charge on any atom is 0.455 e. The fourth-order valence-corrected chi connectivity index (χ4v) is 7.09. The van der Waals surface area contributed by atoms with Crippen LogP contribution in [-0.2, 0) is 14.2 Å². The predicted octanol–water partition coefficient (Wildman–Crippen LogP) is 6.37. The highest BCUT2D eigenvalue weighted by molar-refractivity contribution is 6.43. The van der Waals surface area contributed by atoms with Gasteiger partial charge in [0.2, 0.25) is 11.8 Å². The SMILES string of the molecule is CC(C)C1=C2[C@@H](CC/C(=C/c3ccc(O)cc3)c3ccccc3)OB(O)C[C@@H]2[C@@H]2C(=O)N(c3ccccc3)C(=O)[C@@H]2C1. The van der Waals surface area contributed by atoms with E-state index in [4.69, 9.17) is 4.65 Å². The number of phenols is 1. The molecule has 3 aromatic rings. The quantitative estimate of drug-likeness (QED) is 0.152. The topological polar surface area (TPSA) is 87.1 Å². The van der Waals surface area contributed by atoms with Crippen LogP contribution in [0.2, 0.25) is 6.32 Å². The molecule has 3 aromatic carbocycles. The molecule has 214 valence electrons. The summed E-state index contributed by atoms with van der Waals surface area (Å²) in [4.78, 5) is 29.0. The number of fused-ring (bicyclic) bond motifs is 3. The van der Waals surface area contributed by atoms with Crippen molar-refractivity contribution in [3.63, 3.8) is 0 Å². The largest absolute Gasteiger partial charge is 0.508 e. The van der Waals surface area contributed by atoms with Crippen LogP contribution in [0, 0.1) is 23.7 Å². The van der Waals surface area contributed by atoms with Gasteiger partial charge in [-0.05, 0) is 84.0 Å². The van der Waals surface area contributed by atoms with Crippen molar-refractivity contribution in [2.45, 2.75) is 45.5 Å². The third kappa shape index (κ3) is 5.35. The molecule has 0 bridgehead atoms. The predicted molar refractivity (Wildman–Crippen MR) is 165 cm³/mol. The first kappa shape index (κ1) is 28.2. The van der Waals surface area contributed by atoms with Gasteiger partial charge in [-0.15, -0.1) is 0 Å². The lowest BCUT2D eigenvalue weighted by molar-refractivity contribution is -0.122. The zero-order valence-electron chi connectivity index (χ0n) is 24.0. The zero-order chi connectivity index (χ0) is 29.4. The Balaban J connectivity index is 1.33. The van der Waals surface area contributed by atoms with Crippen molar-refractivity contribution < 1.29 is 24.4 Å². The molecular weight excluding hydrogens is 525 g/mol. The van der Waals surface area contributed by atoms with Crippen molar-refractivity contribution in [3.05, 3.63) is 107 Å². The summed E-state index contributed by atoms with van der Waals surface area (Å²) in [6.45, 7) is 4.27. The van der Waals surface area contributed by atoms with Gasteiger partial charge in [-0.2, -0.15) is 0 Å². The van der Waals surface area contributed by atoms with Gasteiger partial charge < -0.3 is 14.8 Å². The molecule has 6 rings (SSSR count). The van der Waals surface area contributed by atoms with Crippen LogP contribution in [0.25, 0.3) is 11.6 Å². The van der Waals surface area contributed by atoms with Crippen molar-refractivity contribution in [2.24, 2.45) is 23.7 Å². The number of nitrogens with zero attached hydrogens (tertiary/aromatic N) is 1. The van der Waals surface area contributed by atoms with Gasteiger partial charge in [-0.3, -0.25) is 14.5 Å². The molecule has 2 N–H and O–H groups in total. The van der Waals surface area contributed by atoms with E-state index in [0.29, 0.717) is 31.3 Å². The molecule has 3 aliphatic rings. The van der Waals surface area contributed by atoms with E-state index in [2.05, 4.69) is 32.1 Å². The van der Waals surface area contributed by atoms with Crippen LogP contribution in [0.4, 0.5) is 5.69 Å². The number of aromatic hydroxyl groups is 1. The van der Waals surface area contributed by atoms with E-state index in [1.54, 1.807) is 24.3 Å². The summed E-state index contributed by atoms with van der Waals surface area (Å²) < 4.78 is 6.24. The van der Waals surface area contributed by atoms with Crippen molar-refractivity contribution in [1.29, 1.82) is 0 Å². The monoisotopic (exact) mass is 561 g/mol. The molecule has 0 unspecified atom stereocenters. The van der Waals surface area contributed by atoms with Gasteiger partial charge in [0.05, 0.1) is 23.6 Å². The fraction of sp³-hybridized carbons (Fsp3) is 0.314. The van der Waals surface area contributed by atoms with Crippen molar-refractivity contribution >= 4 is 36.3 Å². The molecule has 4 atom stereocenters. The first-order valence-corrected chi connectivity index (χ1v) is 14.9. The normalized spacial score (nSPS) is 24.3. The Morgan fingerprint density at radius 1 is 0.952 bits per heavy atom. The molecular formula is C35H36BNO5. The highest BCUT2D eigenvalue weighted by Gasteiger charge is 2.57. The Bertz CT molecular complexity index is 1520. The van der Waals surface area contributed by atoms with Crippen LogP contribution in [0.1, 0.15) is 44.2 Å². The number of imide groups is 1. The van der Waals surface area contributed by atoms with Crippen LogP contribution in [0.3, 0.4) is 0 Å². The molecule has 2 aliphatic heterocycles. The summed E-state index contributed by atoms with van der Waals surface area (Å²) in [5.41, 5.74) is 6.07. The fourth-order valence-electron chi connectivity index (χ4n) is 7.09. The number of benzene rings is 3. The maximum absolute atomic E-state index is 13.9. The minimum atomic E-state index is -1.01. The minimum Gasteiger partial charge on any atom is -0.508 e. The number of carbonyl (C=O) groups is 2. The molecule has 2 saturated heterocycles. The van der Waals surface area contributed by atoms with Gasteiger partial charge in [0.25, 0.3) is 0 Å². The lowest BCUT2D eigenvalue weighted by Crippen LogP contribution is -2.46. The molecule has 0 aromatic heterocycles. The Kier molecular flexibility index (Phi) is 7.89. The number of amides is 2. The number of allylic oxidation sites excluding steroid dienone is 2. The average Bonchev–Trinajstić information content (AvgIpc) is 3.25. The summed E-state index contributed by atoms with van der Waals surface area (Å²) in [5.74, 6) is -1.10. The summed E-state index contributed by atoms with van der Waals surface area (Å²) in [7, 11) is -1.01. The average molecular weight is 561 g/mol. The maximum atomic E-state index is 13.9. The first-order valence-electron chi connectivity index (χ1n) is 14.9. The molecule has 2 amide bonds. The van der Waals surface area contributed by atoms with Crippen LogP contribution in [-0.4, -0.2) is 35.2 Å². The van der Waals surface area contributed by atoms with E-state index >= 15 is 0 Å². The summed E-state index contributed by atoms with van der Waals surface area (Å²) in [6.07, 6.45) is 3.91. The Morgan fingerprint density at radius 2 is 1.62 bits per heavy atom. The third-order valence-corrected chi connectivity index (χ3v) is 9.01. The van der Waals surface area contributed by atoms with Crippen LogP contribution >= 0.6 is 0 Å². The number of carbonyl (C=O) groups excluding carboxylic acids is 2. The number of rotatable bonds is 7. The Labute approximate surface area is 247 Å². The lowest BCUT2D eigenvalue weighted by Gasteiger charge is -2.44. The smallest absolute Gasteiger partial charge is 0.455 e. The second kappa shape index (κ2) is 11.7. The van der Waals surface area contributed by atoms with E-state index in [1.165, 1.54) is 10.5 Å². The van der Waals surface area contributed by atoms with Gasteiger partial charge in [-0.25, -0.2) is 0 Å². The lowest BCUT2D eigenvalue weighted by atomic mass is 9.57. The van der Waals surface area contributed by atoms with Crippen LogP contribution in [0.5, 0.6) is 5.75 Å². The van der Waals surface area contributed by atoms with Gasteiger partial charge in [0.1, 0.15) is 5.75 Å². The third-order valence-electron chi connectivity index (χ3n) is 9.01. The number of hydrogen-bond donors (Lipinski definition) is 2. The number of para-hydroxylation sites is 1. The highest BCUT2D eigenvalue weighted by atomic mass is 16.5. The van der Waals surface area contributed by atoms with Gasteiger partial charge in [0, 0.05) is 0 Å². The number of phenolic OH excluding ortho intramolecular Hbond substituents is 1. The molecule has 0 saturated carbocycles. The number of hydrogen-bond acceptors (Lipinski definition) is 5. The molecule has 0 spiro atoms. The Hall–Kier alpha value is -3.94. The first-order chi connectivity index (χ1) is 20.3. The van der Waals surface area contributed by atoms with E-state index in [0.717, 1.165) is 22.3 Å². The second-order valence-electron chi connectivity index (χ2n) is 11.9. The number of anilines is 1.